The van der Waals surface area contributed by atoms with Gasteiger partial charge in [-0.25, -0.2) is 0 Å². The summed E-state index contributed by atoms with van der Waals surface area (Å²) in [6.07, 6.45) is 5.62. The molecule has 0 aliphatic carbocycles. The molecule has 0 aromatic rings. The summed E-state index contributed by atoms with van der Waals surface area (Å²) in [7, 11) is 0. The van der Waals surface area contributed by atoms with Gasteiger partial charge >= 0.3 is 0 Å². The van der Waals surface area contributed by atoms with Crippen molar-refractivity contribution in [1.29, 1.82) is 0 Å². The maximum absolute atomic E-state index is 6.07. The van der Waals surface area contributed by atoms with Gasteiger partial charge in [-0.1, -0.05) is 33.6 Å². The van der Waals surface area contributed by atoms with Gasteiger partial charge in [0.05, 0.1) is 5.60 Å². The second kappa shape index (κ2) is 6.88. The van der Waals surface area contributed by atoms with Gasteiger partial charge in [-0.05, 0) is 38.6 Å². The highest BCUT2D eigenvalue weighted by molar-refractivity contribution is 4.99. The van der Waals surface area contributed by atoms with Crippen LogP contribution in [-0.4, -0.2) is 30.8 Å². The zero-order valence-electron chi connectivity index (χ0n) is 12.7. The van der Waals surface area contributed by atoms with E-state index < -0.39 is 0 Å². The number of nitrogens with two attached hydrogens (primary N) is 1. The summed E-state index contributed by atoms with van der Waals surface area (Å²) >= 11 is 0. The number of hydrogen-bond donors (Lipinski definition) is 2. The Kier molecular flexibility index (Phi) is 6.09. The van der Waals surface area contributed by atoms with Gasteiger partial charge in [0.1, 0.15) is 0 Å². The van der Waals surface area contributed by atoms with E-state index in [0.717, 1.165) is 38.3 Å². The van der Waals surface area contributed by atoms with Crippen LogP contribution in [0.2, 0.25) is 0 Å². The molecule has 108 valence electrons. The SMILES string of the molecule is CCC(CC)CNC1(CN)CCOC(C)(CC)C1. The summed E-state index contributed by atoms with van der Waals surface area (Å²) in [6, 6.07) is 0. The van der Waals surface area contributed by atoms with Crippen LogP contribution >= 0.6 is 0 Å². The van der Waals surface area contributed by atoms with Crippen LogP contribution in [0.5, 0.6) is 0 Å². The van der Waals surface area contributed by atoms with Crippen molar-refractivity contribution >= 4 is 0 Å². The van der Waals surface area contributed by atoms with Crippen molar-refractivity contribution in [2.75, 3.05) is 19.7 Å². The minimum absolute atomic E-state index is 0.00144. The van der Waals surface area contributed by atoms with E-state index in [1.165, 1.54) is 12.8 Å². The maximum atomic E-state index is 6.07. The molecule has 1 rings (SSSR count). The smallest absolute Gasteiger partial charge is 0.0670 e. The molecule has 0 radical (unpaired) electrons. The van der Waals surface area contributed by atoms with Gasteiger partial charge in [-0.15, -0.1) is 0 Å². The van der Waals surface area contributed by atoms with Gasteiger partial charge in [0.25, 0.3) is 0 Å². The van der Waals surface area contributed by atoms with Crippen LogP contribution in [0.3, 0.4) is 0 Å². The normalized spacial score (nSPS) is 33.0. The predicted molar refractivity (Wildman–Crippen MR) is 77.7 cm³/mol. The van der Waals surface area contributed by atoms with Crippen LogP contribution in [0, 0.1) is 5.92 Å². The van der Waals surface area contributed by atoms with E-state index >= 15 is 0 Å². The lowest BCUT2D eigenvalue weighted by atomic mass is 9.79. The van der Waals surface area contributed by atoms with E-state index in [-0.39, 0.29) is 11.1 Å². The zero-order chi connectivity index (χ0) is 13.6. The van der Waals surface area contributed by atoms with Gasteiger partial charge in [0.15, 0.2) is 0 Å². The van der Waals surface area contributed by atoms with Crippen LogP contribution in [0.25, 0.3) is 0 Å². The summed E-state index contributed by atoms with van der Waals surface area (Å²) in [6.45, 7) is 11.6. The van der Waals surface area contributed by atoms with Crippen molar-refractivity contribution < 1.29 is 4.74 Å². The van der Waals surface area contributed by atoms with E-state index in [1.807, 2.05) is 0 Å². The third kappa shape index (κ3) is 3.94. The van der Waals surface area contributed by atoms with Crippen LogP contribution < -0.4 is 11.1 Å². The third-order valence-electron chi connectivity index (χ3n) is 4.80. The topological polar surface area (TPSA) is 47.3 Å². The van der Waals surface area contributed by atoms with E-state index in [4.69, 9.17) is 10.5 Å². The molecular formula is C15H32N2O. The van der Waals surface area contributed by atoms with Crippen molar-refractivity contribution in [1.82, 2.24) is 5.32 Å². The molecule has 3 N–H and O–H groups in total. The summed E-state index contributed by atoms with van der Waals surface area (Å²) in [4.78, 5) is 0. The van der Waals surface area contributed by atoms with Crippen molar-refractivity contribution in [3.05, 3.63) is 0 Å². The van der Waals surface area contributed by atoms with Gasteiger partial charge in [-0.2, -0.15) is 0 Å². The standard InChI is InChI=1S/C15H32N2O/c1-5-13(6-2)10-17-15(12-16)8-9-18-14(4,7-3)11-15/h13,17H,5-12,16H2,1-4H3. The summed E-state index contributed by atoms with van der Waals surface area (Å²) in [5, 5.41) is 3.77. The highest BCUT2D eigenvalue weighted by atomic mass is 16.5. The molecule has 1 aliphatic heterocycles. The first kappa shape index (κ1) is 15.9. The minimum atomic E-state index is -0.00144. The monoisotopic (exact) mass is 256 g/mol. The first-order chi connectivity index (χ1) is 8.53. The largest absolute Gasteiger partial charge is 0.375 e. The van der Waals surface area contributed by atoms with Crippen molar-refractivity contribution in [3.8, 4) is 0 Å². The Morgan fingerprint density at radius 3 is 2.44 bits per heavy atom. The molecule has 1 heterocycles. The Hall–Kier alpha value is -0.120. The molecule has 1 fully saturated rings. The predicted octanol–water partition coefficient (Wildman–Crippen LogP) is 2.69. The molecule has 0 saturated carbocycles. The molecule has 1 aliphatic rings. The van der Waals surface area contributed by atoms with Crippen LogP contribution in [0.15, 0.2) is 0 Å². The molecule has 3 heteroatoms. The summed E-state index contributed by atoms with van der Waals surface area (Å²) in [5.74, 6) is 0.768. The molecule has 0 spiro atoms. The van der Waals surface area contributed by atoms with E-state index in [2.05, 4.69) is 33.0 Å². The fraction of sp³-hybridized carbons (Fsp3) is 1.00. The van der Waals surface area contributed by atoms with Crippen LogP contribution in [-0.2, 0) is 4.74 Å². The molecular weight excluding hydrogens is 224 g/mol. The number of rotatable bonds is 7. The van der Waals surface area contributed by atoms with E-state index in [1.54, 1.807) is 0 Å². The van der Waals surface area contributed by atoms with Crippen molar-refractivity contribution in [2.45, 2.75) is 70.9 Å². The maximum Gasteiger partial charge on any atom is 0.0670 e. The lowest BCUT2D eigenvalue weighted by Gasteiger charge is -2.46. The molecule has 0 aromatic carbocycles. The quantitative estimate of drug-likeness (QED) is 0.736. The lowest BCUT2D eigenvalue weighted by molar-refractivity contribution is -0.0999. The molecule has 0 bridgehead atoms. The van der Waals surface area contributed by atoms with E-state index in [0.29, 0.717) is 6.54 Å². The fourth-order valence-electron chi connectivity index (χ4n) is 2.91. The summed E-state index contributed by atoms with van der Waals surface area (Å²) in [5.41, 5.74) is 6.15. The average Bonchev–Trinajstić information content (AvgIpc) is 2.40. The Labute approximate surface area is 113 Å². The lowest BCUT2D eigenvalue weighted by Crippen LogP contribution is -2.60. The molecule has 0 aromatic heterocycles. The van der Waals surface area contributed by atoms with Gasteiger partial charge in [-0.3, -0.25) is 0 Å². The number of nitrogens with one attached hydrogen (secondary N) is 1. The van der Waals surface area contributed by atoms with Gasteiger partial charge in [0, 0.05) is 18.7 Å². The average molecular weight is 256 g/mol. The number of ether oxygens (including phenoxy) is 1. The first-order valence-electron chi connectivity index (χ1n) is 7.62. The first-order valence-corrected chi connectivity index (χ1v) is 7.62. The van der Waals surface area contributed by atoms with Gasteiger partial charge in [0.2, 0.25) is 0 Å². The summed E-state index contributed by atoms with van der Waals surface area (Å²) < 4.78 is 5.94. The van der Waals surface area contributed by atoms with Crippen molar-refractivity contribution in [2.24, 2.45) is 11.7 Å². The second-order valence-electron chi connectivity index (χ2n) is 6.13. The third-order valence-corrected chi connectivity index (χ3v) is 4.80. The Balaban J connectivity index is 2.61. The van der Waals surface area contributed by atoms with E-state index in [9.17, 15) is 0 Å². The number of hydrogen-bond acceptors (Lipinski definition) is 3. The molecule has 18 heavy (non-hydrogen) atoms. The molecule has 0 amide bonds. The van der Waals surface area contributed by atoms with Crippen LogP contribution in [0.4, 0.5) is 0 Å². The molecule has 3 nitrogen and oxygen atoms in total. The fourth-order valence-corrected chi connectivity index (χ4v) is 2.91. The zero-order valence-corrected chi connectivity index (χ0v) is 12.7. The van der Waals surface area contributed by atoms with Crippen LogP contribution in [0.1, 0.15) is 59.8 Å². The molecule has 1 saturated heterocycles. The highest BCUT2D eigenvalue weighted by Crippen LogP contribution is 2.34. The highest BCUT2D eigenvalue weighted by Gasteiger charge is 2.41. The Morgan fingerprint density at radius 1 is 1.28 bits per heavy atom. The second-order valence-corrected chi connectivity index (χ2v) is 6.13. The molecule has 2 unspecified atom stereocenters. The van der Waals surface area contributed by atoms with Gasteiger partial charge < -0.3 is 15.8 Å². The Bertz CT molecular complexity index is 243. The molecule has 2 atom stereocenters. The Morgan fingerprint density at radius 2 is 1.94 bits per heavy atom. The minimum Gasteiger partial charge on any atom is -0.375 e. The van der Waals surface area contributed by atoms with Crippen molar-refractivity contribution in [3.63, 3.8) is 0 Å².